The first-order valence-electron chi connectivity index (χ1n) is 6.46. The van der Waals surface area contributed by atoms with Gasteiger partial charge in [-0.05, 0) is 24.3 Å². The molecule has 1 aliphatic rings. The Labute approximate surface area is 130 Å². The van der Waals surface area contributed by atoms with Gasteiger partial charge >= 0.3 is 6.09 Å². The van der Waals surface area contributed by atoms with Crippen LogP contribution in [0, 0.1) is 0 Å². The van der Waals surface area contributed by atoms with Gasteiger partial charge in [0.05, 0.1) is 0 Å². The molecule has 0 unspecified atom stereocenters. The third kappa shape index (κ3) is 3.08. The maximum atomic E-state index is 10.9. The van der Waals surface area contributed by atoms with E-state index in [4.69, 9.17) is 16.7 Å². The smallest absolute Gasteiger partial charge is 0.407 e. The molecule has 1 saturated heterocycles. The van der Waals surface area contributed by atoms with Crippen molar-refractivity contribution in [3.63, 3.8) is 0 Å². The van der Waals surface area contributed by atoms with E-state index >= 15 is 0 Å². The van der Waals surface area contributed by atoms with Crippen LogP contribution in [0.5, 0.6) is 0 Å². The normalized spacial score (nSPS) is 15.3. The average Bonchev–Trinajstić information content (AvgIpc) is 2.98. The second-order valence-electron chi connectivity index (χ2n) is 4.66. The molecule has 3 rings (SSSR count). The Hall–Kier alpha value is -1.86. The number of anilines is 1. The van der Waals surface area contributed by atoms with Crippen molar-refractivity contribution in [1.82, 2.24) is 14.3 Å². The number of halogens is 1. The lowest BCUT2D eigenvalue weighted by Crippen LogP contribution is -2.48. The number of amides is 1. The van der Waals surface area contributed by atoms with Crippen LogP contribution in [0.3, 0.4) is 0 Å². The highest BCUT2D eigenvalue weighted by molar-refractivity contribution is 7.09. The van der Waals surface area contributed by atoms with Crippen molar-refractivity contribution in [3.8, 4) is 11.4 Å². The molecule has 0 aliphatic carbocycles. The van der Waals surface area contributed by atoms with E-state index in [2.05, 4.69) is 14.3 Å². The Bertz CT molecular complexity index is 638. The van der Waals surface area contributed by atoms with Crippen LogP contribution in [0.4, 0.5) is 9.93 Å². The number of nitrogens with zero attached hydrogens (tertiary/aromatic N) is 4. The number of carboxylic acid groups (broad SMARTS) is 1. The van der Waals surface area contributed by atoms with Crippen molar-refractivity contribution in [2.75, 3.05) is 31.1 Å². The lowest BCUT2D eigenvalue weighted by molar-refractivity contribution is 0.142. The first-order valence-corrected chi connectivity index (χ1v) is 7.61. The van der Waals surface area contributed by atoms with E-state index in [0.29, 0.717) is 37.0 Å². The molecule has 1 aliphatic heterocycles. The van der Waals surface area contributed by atoms with E-state index in [0.717, 1.165) is 10.7 Å². The zero-order chi connectivity index (χ0) is 14.8. The molecule has 2 heterocycles. The average molecular weight is 325 g/mol. The molecule has 1 aromatic carbocycles. The molecule has 1 aromatic heterocycles. The topological polar surface area (TPSA) is 69.6 Å². The molecule has 8 heteroatoms. The number of hydrogen-bond acceptors (Lipinski definition) is 5. The number of carbonyl (C=O) groups is 1. The van der Waals surface area contributed by atoms with E-state index in [1.54, 1.807) is 0 Å². The van der Waals surface area contributed by atoms with E-state index in [-0.39, 0.29) is 0 Å². The summed E-state index contributed by atoms with van der Waals surface area (Å²) < 4.78 is 4.36. The third-order valence-electron chi connectivity index (χ3n) is 3.34. The Balaban J connectivity index is 1.71. The fraction of sp³-hybridized carbons (Fsp3) is 0.308. The molecule has 0 bridgehead atoms. The number of benzene rings is 1. The number of piperazine rings is 1. The van der Waals surface area contributed by atoms with Gasteiger partial charge in [0.25, 0.3) is 0 Å². The van der Waals surface area contributed by atoms with Crippen LogP contribution >= 0.6 is 23.1 Å². The minimum Gasteiger partial charge on any atom is -0.465 e. The van der Waals surface area contributed by atoms with Crippen molar-refractivity contribution >= 4 is 34.4 Å². The van der Waals surface area contributed by atoms with Gasteiger partial charge in [0, 0.05) is 48.3 Å². The van der Waals surface area contributed by atoms with Crippen LogP contribution < -0.4 is 4.90 Å². The molecule has 1 amide bonds. The van der Waals surface area contributed by atoms with E-state index in [1.165, 1.54) is 16.4 Å². The molecule has 2 aromatic rings. The largest absolute Gasteiger partial charge is 0.465 e. The van der Waals surface area contributed by atoms with Crippen molar-refractivity contribution in [2.45, 2.75) is 0 Å². The summed E-state index contributed by atoms with van der Waals surface area (Å²) in [5, 5.41) is 10.4. The van der Waals surface area contributed by atoms with E-state index < -0.39 is 6.09 Å². The summed E-state index contributed by atoms with van der Waals surface area (Å²) >= 11 is 7.20. The van der Waals surface area contributed by atoms with Crippen molar-refractivity contribution in [1.29, 1.82) is 0 Å². The second-order valence-corrected chi connectivity index (χ2v) is 5.83. The molecule has 0 saturated carbocycles. The highest BCUT2D eigenvalue weighted by atomic mass is 35.5. The second kappa shape index (κ2) is 5.87. The van der Waals surface area contributed by atoms with Crippen molar-refractivity contribution in [2.24, 2.45) is 0 Å². The molecule has 0 spiro atoms. The first-order chi connectivity index (χ1) is 10.1. The molecule has 21 heavy (non-hydrogen) atoms. The Morgan fingerprint density at radius 1 is 1.19 bits per heavy atom. The lowest BCUT2D eigenvalue weighted by Gasteiger charge is -2.32. The lowest BCUT2D eigenvalue weighted by atomic mass is 10.2. The van der Waals surface area contributed by atoms with Crippen LogP contribution in [-0.2, 0) is 0 Å². The highest BCUT2D eigenvalue weighted by Gasteiger charge is 2.22. The molecule has 110 valence electrons. The van der Waals surface area contributed by atoms with Gasteiger partial charge in [0.1, 0.15) is 0 Å². The van der Waals surface area contributed by atoms with Crippen LogP contribution in [0.25, 0.3) is 11.4 Å². The molecule has 6 nitrogen and oxygen atoms in total. The number of aromatic nitrogens is 2. The molecule has 1 fully saturated rings. The van der Waals surface area contributed by atoms with Crippen molar-refractivity contribution in [3.05, 3.63) is 29.3 Å². The maximum Gasteiger partial charge on any atom is 0.407 e. The van der Waals surface area contributed by atoms with Gasteiger partial charge in [-0.3, -0.25) is 0 Å². The summed E-state index contributed by atoms with van der Waals surface area (Å²) in [6.07, 6.45) is -0.867. The van der Waals surface area contributed by atoms with Crippen molar-refractivity contribution < 1.29 is 9.90 Å². The minimum absolute atomic E-state index is 0.491. The van der Waals surface area contributed by atoms with E-state index in [1.807, 2.05) is 24.3 Å². The molecular weight excluding hydrogens is 312 g/mol. The molecule has 1 N–H and O–H groups in total. The zero-order valence-corrected chi connectivity index (χ0v) is 12.6. The molecular formula is C13H13ClN4O2S. The van der Waals surface area contributed by atoms with Gasteiger partial charge in [-0.15, -0.1) is 0 Å². The van der Waals surface area contributed by atoms with Gasteiger partial charge in [-0.25, -0.2) is 4.79 Å². The predicted molar refractivity (Wildman–Crippen MR) is 82.2 cm³/mol. The molecule has 0 atom stereocenters. The van der Waals surface area contributed by atoms with Crippen LogP contribution in [0.15, 0.2) is 24.3 Å². The van der Waals surface area contributed by atoms with Crippen LogP contribution in [-0.4, -0.2) is 51.6 Å². The fourth-order valence-electron chi connectivity index (χ4n) is 2.15. The first kappa shape index (κ1) is 14.1. The summed E-state index contributed by atoms with van der Waals surface area (Å²) in [4.78, 5) is 18.9. The Kier molecular flexibility index (Phi) is 3.94. The monoisotopic (exact) mass is 324 g/mol. The van der Waals surface area contributed by atoms with Gasteiger partial charge in [0.2, 0.25) is 5.13 Å². The Morgan fingerprint density at radius 3 is 2.48 bits per heavy atom. The van der Waals surface area contributed by atoms with Gasteiger partial charge in [-0.2, -0.15) is 9.36 Å². The van der Waals surface area contributed by atoms with Crippen LogP contribution in [0.2, 0.25) is 5.02 Å². The zero-order valence-electron chi connectivity index (χ0n) is 11.1. The summed E-state index contributed by atoms with van der Waals surface area (Å²) in [6, 6.07) is 7.39. The summed E-state index contributed by atoms with van der Waals surface area (Å²) in [5.41, 5.74) is 0.922. The summed E-state index contributed by atoms with van der Waals surface area (Å²) in [7, 11) is 0. The number of rotatable bonds is 2. The Morgan fingerprint density at radius 2 is 1.86 bits per heavy atom. The fourth-order valence-corrected chi connectivity index (χ4v) is 3.01. The molecule has 0 radical (unpaired) electrons. The quantitative estimate of drug-likeness (QED) is 0.919. The predicted octanol–water partition coefficient (Wildman–Crippen LogP) is 2.66. The number of hydrogen-bond donors (Lipinski definition) is 1. The maximum absolute atomic E-state index is 10.9. The SMILES string of the molecule is O=C(O)N1CCN(c2nc(-c3ccc(Cl)cc3)ns2)CC1. The summed E-state index contributed by atoms with van der Waals surface area (Å²) in [5.74, 6) is 0.673. The van der Waals surface area contributed by atoms with Gasteiger partial charge in [0.15, 0.2) is 5.82 Å². The third-order valence-corrected chi connectivity index (χ3v) is 4.37. The van der Waals surface area contributed by atoms with Gasteiger partial charge in [-0.1, -0.05) is 11.6 Å². The van der Waals surface area contributed by atoms with E-state index in [9.17, 15) is 4.79 Å². The summed E-state index contributed by atoms with van der Waals surface area (Å²) in [6.45, 7) is 2.26. The highest BCUT2D eigenvalue weighted by Crippen LogP contribution is 2.25. The standard InChI is InChI=1S/C13H13ClN4O2S/c14-10-3-1-9(2-4-10)11-15-12(21-16-11)17-5-7-18(8-6-17)13(19)20/h1-4H,5-8H2,(H,19,20). The van der Waals surface area contributed by atoms with Crippen LogP contribution in [0.1, 0.15) is 0 Å². The van der Waals surface area contributed by atoms with Gasteiger partial charge < -0.3 is 14.9 Å². The minimum atomic E-state index is -0.867.